The lowest BCUT2D eigenvalue weighted by Crippen LogP contribution is -2.49. The summed E-state index contributed by atoms with van der Waals surface area (Å²) in [5.74, 6) is -0.252. The lowest BCUT2D eigenvalue weighted by molar-refractivity contribution is 0.00912. The Morgan fingerprint density at radius 1 is 1.03 bits per heavy atom. The van der Waals surface area contributed by atoms with Crippen molar-refractivity contribution in [2.75, 3.05) is 49.5 Å². The highest BCUT2D eigenvalue weighted by atomic mass is 19.1. The van der Waals surface area contributed by atoms with Gasteiger partial charge in [0.15, 0.2) is 0 Å². The van der Waals surface area contributed by atoms with E-state index in [4.69, 9.17) is 4.74 Å². The number of aliphatic hydroxyl groups is 1. The SMILES string of the molecule is O=C(Nc1ccc(N2CCN(CC(O)COCc3ccccc3)CC2)nc1)c1ccccc1F. The summed E-state index contributed by atoms with van der Waals surface area (Å²) in [6.07, 6.45) is 1.04. The van der Waals surface area contributed by atoms with Gasteiger partial charge in [0, 0.05) is 32.7 Å². The Morgan fingerprint density at radius 3 is 2.47 bits per heavy atom. The van der Waals surface area contributed by atoms with Gasteiger partial charge in [-0.2, -0.15) is 0 Å². The zero-order chi connectivity index (χ0) is 23.8. The van der Waals surface area contributed by atoms with E-state index in [1.54, 1.807) is 24.4 Å². The van der Waals surface area contributed by atoms with E-state index in [0.29, 0.717) is 25.4 Å². The number of β-amino-alcohol motifs (C(OH)–C–C–N with tert-alkyl or cyclic N) is 1. The van der Waals surface area contributed by atoms with Crippen LogP contribution in [-0.2, 0) is 11.3 Å². The van der Waals surface area contributed by atoms with Crippen LogP contribution >= 0.6 is 0 Å². The van der Waals surface area contributed by atoms with Crippen LogP contribution in [0.3, 0.4) is 0 Å². The molecule has 1 aromatic heterocycles. The molecule has 3 aromatic rings. The van der Waals surface area contributed by atoms with Crippen LogP contribution in [0.25, 0.3) is 0 Å². The van der Waals surface area contributed by atoms with Gasteiger partial charge in [0.25, 0.3) is 5.91 Å². The molecule has 2 aromatic carbocycles. The standard InChI is InChI=1S/C26H29FN4O3/c27-24-9-5-4-8-23(24)26(33)29-21-10-11-25(28-16-21)31-14-12-30(13-15-31)17-22(32)19-34-18-20-6-2-1-3-7-20/h1-11,16,22,32H,12-15,17-19H2,(H,29,33). The molecule has 8 heteroatoms. The van der Waals surface area contributed by atoms with Crippen LogP contribution in [0.1, 0.15) is 15.9 Å². The minimum Gasteiger partial charge on any atom is -0.389 e. The molecule has 0 saturated carbocycles. The van der Waals surface area contributed by atoms with Gasteiger partial charge in [-0.1, -0.05) is 42.5 Å². The van der Waals surface area contributed by atoms with Crippen molar-refractivity contribution in [2.24, 2.45) is 0 Å². The average molecular weight is 465 g/mol. The largest absolute Gasteiger partial charge is 0.389 e. The number of piperazine rings is 1. The van der Waals surface area contributed by atoms with Gasteiger partial charge in [-0.25, -0.2) is 9.37 Å². The van der Waals surface area contributed by atoms with E-state index in [-0.39, 0.29) is 5.56 Å². The number of pyridine rings is 1. The fourth-order valence-electron chi connectivity index (χ4n) is 3.89. The zero-order valence-corrected chi connectivity index (χ0v) is 18.9. The summed E-state index contributed by atoms with van der Waals surface area (Å²) in [6.45, 7) is 4.55. The van der Waals surface area contributed by atoms with E-state index in [2.05, 4.69) is 20.1 Å². The number of hydrogen-bond acceptors (Lipinski definition) is 6. The second-order valence-corrected chi connectivity index (χ2v) is 8.28. The molecular weight excluding hydrogens is 435 g/mol. The Balaban J connectivity index is 1.19. The topological polar surface area (TPSA) is 77.9 Å². The highest BCUT2D eigenvalue weighted by Gasteiger charge is 2.20. The third kappa shape index (κ3) is 6.60. The van der Waals surface area contributed by atoms with Crippen LogP contribution < -0.4 is 10.2 Å². The number of aliphatic hydroxyl groups excluding tert-OH is 1. The van der Waals surface area contributed by atoms with Crippen LogP contribution in [0, 0.1) is 5.82 Å². The molecule has 178 valence electrons. The number of carbonyl (C=O) groups is 1. The van der Waals surface area contributed by atoms with E-state index >= 15 is 0 Å². The number of rotatable bonds is 9. The fraction of sp³-hybridized carbons (Fsp3) is 0.308. The van der Waals surface area contributed by atoms with Crippen LogP contribution in [0.15, 0.2) is 72.9 Å². The van der Waals surface area contributed by atoms with Gasteiger partial charge >= 0.3 is 0 Å². The number of nitrogens with one attached hydrogen (secondary N) is 1. The van der Waals surface area contributed by atoms with Crippen LogP contribution in [-0.4, -0.2) is 66.3 Å². The molecule has 1 fully saturated rings. The second kappa shape index (κ2) is 11.7. The minimum absolute atomic E-state index is 0.00430. The molecule has 1 aliphatic rings. The average Bonchev–Trinajstić information content (AvgIpc) is 2.86. The summed E-state index contributed by atoms with van der Waals surface area (Å²) in [6, 6.07) is 19.4. The second-order valence-electron chi connectivity index (χ2n) is 8.28. The molecule has 0 bridgehead atoms. The maximum absolute atomic E-state index is 13.8. The summed E-state index contributed by atoms with van der Waals surface area (Å²) in [5, 5.41) is 13.0. The Kier molecular flexibility index (Phi) is 8.19. The van der Waals surface area contributed by atoms with Crippen LogP contribution in [0.4, 0.5) is 15.9 Å². The lowest BCUT2D eigenvalue weighted by Gasteiger charge is -2.36. The molecule has 0 radical (unpaired) electrons. The highest BCUT2D eigenvalue weighted by Crippen LogP contribution is 2.18. The summed E-state index contributed by atoms with van der Waals surface area (Å²) < 4.78 is 19.4. The predicted octanol–water partition coefficient (Wildman–Crippen LogP) is 3.17. The molecule has 1 saturated heterocycles. The minimum atomic E-state index is -0.560. The van der Waals surface area contributed by atoms with E-state index in [9.17, 15) is 14.3 Å². The number of amides is 1. The number of aromatic nitrogens is 1. The molecule has 4 rings (SSSR count). The van der Waals surface area contributed by atoms with Gasteiger partial charge in [-0.05, 0) is 29.8 Å². The third-order valence-corrected chi connectivity index (χ3v) is 5.71. The number of hydrogen-bond donors (Lipinski definition) is 2. The smallest absolute Gasteiger partial charge is 0.258 e. The molecule has 34 heavy (non-hydrogen) atoms. The summed E-state index contributed by atoms with van der Waals surface area (Å²) in [4.78, 5) is 21.1. The highest BCUT2D eigenvalue weighted by molar-refractivity contribution is 6.04. The molecular formula is C26H29FN4O3. The lowest BCUT2D eigenvalue weighted by atomic mass is 10.2. The van der Waals surface area contributed by atoms with Crippen molar-refractivity contribution in [3.05, 3.63) is 89.9 Å². The first-order chi connectivity index (χ1) is 16.6. The monoisotopic (exact) mass is 464 g/mol. The Hall–Kier alpha value is -3.33. The third-order valence-electron chi connectivity index (χ3n) is 5.71. The van der Waals surface area contributed by atoms with Crippen LogP contribution in [0.2, 0.25) is 0 Å². The Labute approximate surface area is 198 Å². The molecule has 0 spiro atoms. The van der Waals surface area contributed by atoms with Crippen molar-refractivity contribution in [1.82, 2.24) is 9.88 Å². The number of carbonyl (C=O) groups excluding carboxylic acids is 1. The number of benzene rings is 2. The number of ether oxygens (including phenoxy) is 1. The summed E-state index contributed by atoms with van der Waals surface area (Å²) in [7, 11) is 0. The number of anilines is 2. The van der Waals surface area contributed by atoms with Gasteiger partial charge in [0.1, 0.15) is 11.6 Å². The van der Waals surface area contributed by atoms with E-state index in [1.807, 2.05) is 36.4 Å². The fourth-order valence-corrected chi connectivity index (χ4v) is 3.89. The van der Waals surface area contributed by atoms with Gasteiger partial charge < -0.3 is 20.1 Å². The van der Waals surface area contributed by atoms with E-state index < -0.39 is 17.8 Å². The molecule has 1 aliphatic heterocycles. The van der Waals surface area contributed by atoms with Crippen molar-refractivity contribution in [1.29, 1.82) is 0 Å². The molecule has 2 heterocycles. The first-order valence-electron chi connectivity index (χ1n) is 11.4. The number of halogens is 1. The van der Waals surface area contributed by atoms with Crippen molar-refractivity contribution in [3.63, 3.8) is 0 Å². The molecule has 1 amide bonds. The van der Waals surface area contributed by atoms with Gasteiger partial charge in [0.2, 0.25) is 0 Å². The predicted molar refractivity (Wildman–Crippen MR) is 129 cm³/mol. The molecule has 2 N–H and O–H groups in total. The zero-order valence-electron chi connectivity index (χ0n) is 18.9. The maximum atomic E-state index is 13.8. The van der Waals surface area contributed by atoms with Crippen molar-refractivity contribution < 1.29 is 19.0 Å². The Bertz CT molecular complexity index is 1060. The molecule has 7 nitrogen and oxygen atoms in total. The summed E-state index contributed by atoms with van der Waals surface area (Å²) >= 11 is 0. The molecule has 0 aliphatic carbocycles. The summed E-state index contributed by atoms with van der Waals surface area (Å²) in [5.41, 5.74) is 1.60. The van der Waals surface area contributed by atoms with Crippen molar-refractivity contribution >= 4 is 17.4 Å². The first-order valence-corrected chi connectivity index (χ1v) is 11.4. The van der Waals surface area contributed by atoms with Gasteiger partial charge in [0.05, 0.1) is 36.8 Å². The van der Waals surface area contributed by atoms with Gasteiger partial charge in [-0.15, -0.1) is 0 Å². The maximum Gasteiger partial charge on any atom is 0.258 e. The van der Waals surface area contributed by atoms with E-state index in [1.165, 1.54) is 12.1 Å². The molecule has 1 unspecified atom stereocenters. The normalized spacial score (nSPS) is 15.2. The van der Waals surface area contributed by atoms with Crippen LogP contribution in [0.5, 0.6) is 0 Å². The molecule has 1 atom stereocenters. The van der Waals surface area contributed by atoms with Crippen molar-refractivity contribution in [3.8, 4) is 0 Å². The van der Waals surface area contributed by atoms with E-state index in [0.717, 1.165) is 37.6 Å². The quantitative estimate of drug-likeness (QED) is 0.507. The Morgan fingerprint density at radius 2 is 1.76 bits per heavy atom. The van der Waals surface area contributed by atoms with Gasteiger partial charge in [-0.3, -0.25) is 9.69 Å². The number of nitrogens with zero attached hydrogens (tertiary/aromatic N) is 3. The van der Waals surface area contributed by atoms with Crippen molar-refractivity contribution in [2.45, 2.75) is 12.7 Å². The first kappa shape index (κ1) is 23.8.